The Labute approximate surface area is 289 Å². The molecule has 0 aliphatic rings. The Morgan fingerprint density at radius 1 is 0.583 bits per heavy atom. The average Bonchev–Trinajstić information content (AvgIpc) is 3.71. The summed E-state index contributed by atoms with van der Waals surface area (Å²) in [6, 6.07) is 62.8. The zero-order chi connectivity index (χ0) is 32.9. The van der Waals surface area contributed by atoms with Gasteiger partial charge in [0.25, 0.3) is 0 Å². The molecule has 2 radical (unpaired) electrons. The van der Waals surface area contributed by atoms with E-state index in [1.165, 1.54) is 51.1 Å². The van der Waals surface area contributed by atoms with E-state index in [2.05, 4.69) is 199 Å². The van der Waals surface area contributed by atoms with Crippen molar-refractivity contribution in [2.24, 2.45) is 0 Å². The third-order valence-electron chi connectivity index (χ3n) is 8.74. The number of benzene rings is 6. The van der Waals surface area contributed by atoms with Gasteiger partial charge < -0.3 is 4.57 Å². The molecule has 0 spiro atoms. The molecule has 7 aromatic rings. The summed E-state index contributed by atoms with van der Waals surface area (Å²) in [4.78, 5) is 4.41. The monoisotopic (exact) mass is 636 g/mol. The van der Waals surface area contributed by atoms with Crippen molar-refractivity contribution in [3.05, 3.63) is 211 Å². The lowest BCUT2D eigenvalue weighted by atomic mass is 9.37. The fourth-order valence-corrected chi connectivity index (χ4v) is 8.14. The van der Waals surface area contributed by atoms with Gasteiger partial charge in [0.15, 0.2) is 0 Å². The van der Waals surface area contributed by atoms with Gasteiger partial charge in [-0.3, -0.25) is 0 Å². The summed E-state index contributed by atoms with van der Waals surface area (Å²) in [6.45, 7) is 2.56. The smallest absolute Gasteiger partial charge is 0.241 e. The number of unbranched alkanes of at least 4 members (excludes halogenated alkanes) is 1. The van der Waals surface area contributed by atoms with E-state index < -0.39 is 0 Å². The van der Waals surface area contributed by atoms with Gasteiger partial charge in [-0.1, -0.05) is 211 Å². The highest BCUT2D eigenvalue weighted by molar-refractivity contribution is 6.95. The molecule has 0 bridgehead atoms. The van der Waals surface area contributed by atoms with Gasteiger partial charge in [0.05, 0.1) is 11.5 Å². The molecule has 0 unspecified atom stereocenters. The van der Waals surface area contributed by atoms with E-state index in [0.29, 0.717) is 16.2 Å². The number of aromatic nitrogens is 2. The summed E-state index contributed by atoms with van der Waals surface area (Å²) in [7, 11) is 0.540. The third-order valence-corrected chi connectivity index (χ3v) is 10.5. The molecular weight excluding hydrogens is 595 g/mol. The summed E-state index contributed by atoms with van der Waals surface area (Å²) in [5.74, 6) is 0. The van der Waals surface area contributed by atoms with Crippen molar-refractivity contribution in [3.63, 3.8) is 0 Å². The summed E-state index contributed by atoms with van der Waals surface area (Å²) in [5.41, 5.74) is 7.99. The van der Waals surface area contributed by atoms with Crippen LogP contribution in [0.1, 0.15) is 36.5 Å². The van der Waals surface area contributed by atoms with Crippen LogP contribution in [0.5, 0.6) is 0 Å². The van der Waals surface area contributed by atoms with Crippen LogP contribution in [0.2, 0.25) is 0 Å². The molecule has 1 aromatic heterocycles. The fourth-order valence-electron chi connectivity index (χ4n) is 6.40. The number of hydrogen-bond acceptors (Lipinski definition) is 1. The number of imidazole rings is 1. The van der Waals surface area contributed by atoms with E-state index in [1.54, 1.807) is 0 Å². The minimum atomic E-state index is -0.317. The number of hydrogen-bond donors (Lipinski definition) is 0. The first kappa shape index (κ1) is 32.7. The van der Waals surface area contributed by atoms with Crippen LogP contribution in [0, 0.1) is 0 Å². The first-order chi connectivity index (χ1) is 23.8. The second kappa shape index (κ2) is 16.6. The van der Waals surface area contributed by atoms with Crippen LogP contribution in [0.4, 0.5) is 0 Å². The van der Waals surface area contributed by atoms with Gasteiger partial charge in [0.2, 0.25) is 6.71 Å². The van der Waals surface area contributed by atoms with Crippen LogP contribution in [0.15, 0.2) is 195 Å². The first-order valence-electron chi connectivity index (χ1n) is 16.9. The van der Waals surface area contributed by atoms with Crippen LogP contribution in [0.25, 0.3) is 0 Å². The average molecular weight is 637 g/mol. The molecule has 0 saturated heterocycles. The van der Waals surface area contributed by atoms with Crippen LogP contribution in [0.3, 0.4) is 0 Å². The van der Waals surface area contributed by atoms with Gasteiger partial charge in [-0.15, -0.1) is 0 Å². The van der Waals surface area contributed by atoms with E-state index in [9.17, 15) is 0 Å². The van der Waals surface area contributed by atoms with Crippen molar-refractivity contribution >= 4 is 37.8 Å². The van der Waals surface area contributed by atoms with Crippen molar-refractivity contribution in [3.8, 4) is 0 Å². The van der Waals surface area contributed by atoms with E-state index >= 15 is 0 Å². The van der Waals surface area contributed by atoms with Crippen LogP contribution in [-0.4, -0.2) is 25.8 Å². The maximum Gasteiger partial charge on any atom is 0.241 e. The highest BCUT2D eigenvalue weighted by atomic mass is 28.2. The Morgan fingerprint density at radius 3 is 1.50 bits per heavy atom. The van der Waals surface area contributed by atoms with Gasteiger partial charge in [0, 0.05) is 12.4 Å². The standard InChI is InChI=1S/C26H26N2Si.C18H15B/c1-2-3-11-22-12-10-17-25(20-22)29-26(28-19-18-27-21-28,23-13-6-4-7-14-23)24-15-8-5-9-16-24;1-4-10-16(11-5-1)19(17-12-6-2-7-13-17)18-14-8-3-9-15-18/h4-10,12-21H,2-3,11H2,1H3;1-15H. The molecule has 0 N–H and O–H groups in total. The van der Waals surface area contributed by atoms with E-state index in [1.807, 2.05) is 12.5 Å². The molecule has 6 aromatic carbocycles. The minimum Gasteiger partial charge on any atom is -0.326 e. The highest BCUT2D eigenvalue weighted by Crippen LogP contribution is 2.33. The molecule has 0 fully saturated rings. The number of aryl methyl sites for hydroxylation is 1. The molecule has 0 atom stereocenters. The number of nitrogens with zero attached hydrogens (tertiary/aromatic N) is 2. The molecule has 1 heterocycles. The predicted octanol–water partition coefficient (Wildman–Crippen LogP) is 7.21. The molecular formula is C44H41BN2Si. The quantitative estimate of drug-likeness (QED) is 0.137. The SMILES string of the molecule is CCCCc1cccc([Si]C(c2ccccc2)(c2ccccc2)n2ccnc2)c1.c1ccc(B(c2ccccc2)c2ccccc2)cc1. The lowest BCUT2D eigenvalue weighted by Gasteiger charge is -2.36. The van der Waals surface area contributed by atoms with Crippen molar-refractivity contribution in [1.82, 2.24) is 9.55 Å². The maximum absolute atomic E-state index is 4.41. The predicted molar refractivity (Wildman–Crippen MR) is 206 cm³/mol. The third kappa shape index (κ3) is 7.84. The topological polar surface area (TPSA) is 17.8 Å². The van der Waals surface area contributed by atoms with Crippen molar-refractivity contribution in [2.45, 2.75) is 31.3 Å². The summed E-state index contributed by atoms with van der Waals surface area (Å²) in [6.07, 6.45) is 9.52. The largest absolute Gasteiger partial charge is 0.326 e. The van der Waals surface area contributed by atoms with Gasteiger partial charge in [-0.2, -0.15) is 0 Å². The normalized spacial score (nSPS) is 10.9. The first-order valence-corrected chi connectivity index (χ1v) is 17.9. The highest BCUT2D eigenvalue weighted by Gasteiger charge is 2.37. The molecule has 2 nitrogen and oxygen atoms in total. The van der Waals surface area contributed by atoms with Gasteiger partial charge in [0.1, 0.15) is 9.52 Å². The molecule has 4 heteroatoms. The van der Waals surface area contributed by atoms with Crippen LogP contribution < -0.4 is 21.6 Å². The molecule has 0 saturated carbocycles. The lowest BCUT2D eigenvalue weighted by molar-refractivity contribution is 0.596. The Kier molecular flexibility index (Phi) is 11.3. The molecule has 7 rings (SSSR count). The minimum absolute atomic E-state index is 0.309. The molecule has 234 valence electrons. The zero-order valence-electron chi connectivity index (χ0n) is 27.6. The summed E-state index contributed by atoms with van der Waals surface area (Å²) < 4.78 is 2.27. The van der Waals surface area contributed by atoms with Gasteiger partial charge >= 0.3 is 0 Å². The van der Waals surface area contributed by atoms with E-state index in [4.69, 9.17) is 0 Å². The Bertz CT molecular complexity index is 1780. The number of rotatable bonds is 11. The maximum atomic E-state index is 4.41. The van der Waals surface area contributed by atoms with Crippen molar-refractivity contribution in [2.75, 3.05) is 0 Å². The Balaban J connectivity index is 0.000000182. The van der Waals surface area contributed by atoms with Crippen LogP contribution in [-0.2, 0) is 11.6 Å². The van der Waals surface area contributed by atoms with E-state index in [-0.39, 0.29) is 5.16 Å². The van der Waals surface area contributed by atoms with Crippen LogP contribution >= 0.6 is 0 Å². The van der Waals surface area contributed by atoms with Gasteiger partial charge in [-0.25, -0.2) is 4.98 Å². The Hall–Kier alpha value is -5.19. The van der Waals surface area contributed by atoms with Gasteiger partial charge in [-0.05, 0) is 29.5 Å². The van der Waals surface area contributed by atoms with Crippen molar-refractivity contribution in [1.29, 1.82) is 0 Å². The Morgan fingerprint density at radius 2 is 1.06 bits per heavy atom. The van der Waals surface area contributed by atoms with E-state index in [0.717, 1.165) is 6.42 Å². The van der Waals surface area contributed by atoms with Crippen molar-refractivity contribution < 1.29 is 0 Å². The molecule has 48 heavy (non-hydrogen) atoms. The molecule has 0 aliphatic heterocycles. The summed E-state index contributed by atoms with van der Waals surface area (Å²) >= 11 is 0. The lowest BCUT2D eigenvalue weighted by Crippen LogP contribution is -2.51. The summed E-state index contributed by atoms with van der Waals surface area (Å²) in [5, 5.41) is 1.06. The molecule has 0 aliphatic carbocycles. The second-order valence-corrected chi connectivity index (χ2v) is 13.6. The molecule has 0 amide bonds. The zero-order valence-corrected chi connectivity index (χ0v) is 28.6. The fraction of sp³-hybridized carbons (Fsp3) is 0.114. The second-order valence-electron chi connectivity index (χ2n) is 12.0.